The van der Waals surface area contributed by atoms with Gasteiger partial charge in [0, 0.05) is 47.0 Å². The van der Waals surface area contributed by atoms with E-state index in [-0.39, 0.29) is 0 Å². The van der Waals surface area contributed by atoms with Gasteiger partial charge in [0.1, 0.15) is 0 Å². The van der Waals surface area contributed by atoms with E-state index in [1.807, 2.05) is 85.5 Å². The Labute approximate surface area is 313 Å². The van der Waals surface area contributed by atoms with Gasteiger partial charge in [-0.1, -0.05) is 170 Å². The fourth-order valence-electron chi connectivity index (χ4n) is 7.64. The monoisotopic (exact) mass is 688 g/mol. The zero-order chi connectivity index (χ0) is 35.8. The molecule has 0 fully saturated rings. The van der Waals surface area contributed by atoms with E-state index in [0.717, 1.165) is 50.6 Å². The summed E-state index contributed by atoms with van der Waals surface area (Å²) in [6.45, 7) is 0. The number of benzene rings is 8. The summed E-state index contributed by atoms with van der Waals surface area (Å²) < 4.78 is 0. The van der Waals surface area contributed by atoms with E-state index < -0.39 is 0 Å². The molecule has 0 N–H and O–H groups in total. The van der Waals surface area contributed by atoms with Crippen molar-refractivity contribution in [1.82, 2.24) is 19.9 Å². The summed E-state index contributed by atoms with van der Waals surface area (Å²) in [6, 6.07) is 59.9. The highest BCUT2D eigenvalue weighted by atomic mass is 14.9. The molecule has 0 saturated carbocycles. The van der Waals surface area contributed by atoms with E-state index in [1.165, 1.54) is 49.0 Å². The van der Waals surface area contributed by atoms with Crippen LogP contribution >= 0.6 is 0 Å². The molecule has 8 aromatic carbocycles. The third-order valence-corrected chi connectivity index (χ3v) is 10.3. The quantitative estimate of drug-likeness (QED) is 0.129. The van der Waals surface area contributed by atoms with Gasteiger partial charge in [0.25, 0.3) is 0 Å². The van der Waals surface area contributed by atoms with Crippen LogP contribution in [-0.4, -0.2) is 19.9 Å². The normalized spacial score (nSPS) is 11.3. The van der Waals surface area contributed by atoms with E-state index in [0.29, 0.717) is 0 Å². The summed E-state index contributed by atoms with van der Waals surface area (Å²) in [7, 11) is 0. The molecular formula is C50H32N4. The second-order valence-electron chi connectivity index (χ2n) is 13.5. The van der Waals surface area contributed by atoms with Crippen molar-refractivity contribution < 1.29 is 0 Å². The van der Waals surface area contributed by atoms with Crippen LogP contribution in [0.25, 0.3) is 99.6 Å². The minimum absolute atomic E-state index is 0.724. The third kappa shape index (κ3) is 5.58. The molecule has 10 rings (SSSR count). The Morgan fingerprint density at radius 1 is 0.241 bits per heavy atom. The Balaban J connectivity index is 1.08. The van der Waals surface area contributed by atoms with Gasteiger partial charge in [0.2, 0.25) is 0 Å². The van der Waals surface area contributed by atoms with Gasteiger partial charge in [-0.05, 0) is 65.7 Å². The van der Waals surface area contributed by atoms with Crippen molar-refractivity contribution in [3.05, 3.63) is 195 Å². The van der Waals surface area contributed by atoms with Crippen LogP contribution in [-0.2, 0) is 0 Å². The van der Waals surface area contributed by atoms with Crippen molar-refractivity contribution in [3.63, 3.8) is 0 Å². The average molecular weight is 689 g/mol. The lowest BCUT2D eigenvalue weighted by molar-refractivity contribution is 1.18. The van der Waals surface area contributed by atoms with Gasteiger partial charge < -0.3 is 0 Å². The Morgan fingerprint density at radius 3 is 1.17 bits per heavy atom. The summed E-state index contributed by atoms with van der Waals surface area (Å²) in [4.78, 5) is 18.7. The molecule has 0 saturated heterocycles. The van der Waals surface area contributed by atoms with E-state index >= 15 is 0 Å². The predicted molar refractivity (Wildman–Crippen MR) is 223 cm³/mol. The van der Waals surface area contributed by atoms with Gasteiger partial charge in [-0.25, -0.2) is 19.9 Å². The van der Waals surface area contributed by atoms with Gasteiger partial charge in [0.05, 0.1) is 0 Å². The first kappa shape index (κ1) is 31.4. The topological polar surface area (TPSA) is 51.6 Å². The number of hydrogen-bond acceptors (Lipinski definition) is 4. The number of fused-ring (bicyclic) bond motifs is 4. The van der Waals surface area contributed by atoms with Crippen LogP contribution in [0.15, 0.2) is 195 Å². The summed E-state index contributed by atoms with van der Waals surface area (Å²) in [6.07, 6.45) is 7.65. The molecule has 54 heavy (non-hydrogen) atoms. The summed E-state index contributed by atoms with van der Waals surface area (Å²) in [5.74, 6) is 1.45. The van der Waals surface area contributed by atoms with Crippen molar-refractivity contribution in [1.29, 1.82) is 0 Å². The third-order valence-electron chi connectivity index (χ3n) is 10.3. The first-order valence-corrected chi connectivity index (χ1v) is 18.1. The molecule has 0 aliphatic rings. The Bertz CT molecular complexity index is 2920. The van der Waals surface area contributed by atoms with Gasteiger partial charge in [-0.3, -0.25) is 0 Å². The van der Waals surface area contributed by atoms with E-state index in [2.05, 4.69) is 129 Å². The van der Waals surface area contributed by atoms with Gasteiger partial charge in [-0.15, -0.1) is 0 Å². The smallest absolute Gasteiger partial charge is 0.159 e. The molecule has 0 spiro atoms. The zero-order valence-corrected chi connectivity index (χ0v) is 29.3. The molecular weight excluding hydrogens is 657 g/mol. The van der Waals surface area contributed by atoms with E-state index in [4.69, 9.17) is 0 Å². The first-order valence-electron chi connectivity index (χ1n) is 18.1. The maximum Gasteiger partial charge on any atom is 0.159 e. The first-order chi connectivity index (χ1) is 26.8. The molecule has 2 aromatic heterocycles. The van der Waals surface area contributed by atoms with E-state index in [9.17, 15) is 0 Å². The van der Waals surface area contributed by atoms with Crippen molar-refractivity contribution in [2.75, 3.05) is 0 Å². The number of aromatic nitrogens is 4. The number of nitrogens with zero attached hydrogens (tertiary/aromatic N) is 4. The molecule has 4 nitrogen and oxygen atoms in total. The Morgan fingerprint density at radius 2 is 0.648 bits per heavy atom. The molecule has 10 aromatic rings. The standard InChI is InChI=1S/C50H32N4/c1-3-12-38(13-4-1)49-51-29-40(30-52-49)33-19-23-36(24-20-33)46-43-17-9-10-18-44(43)47(48-42-16-8-7-11-35(42)27-28-45(46)48)37-25-21-34(22-26-37)41-31-53-50(54-32-41)39-14-5-2-6-15-39/h1-32H. The van der Waals surface area contributed by atoms with Crippen LogP contribution < -0.4 is 0 Å². The molecule has 252 valence electrons. The average Bonchev–Trinajstić information content (AvgIpc) is 3.26. The maximum absolute atomic E-state index is 4.68. The van der Waals surface area contributed by atoms with Crippen LogP contribution in [0.2, 0.25) is 0 Å². The molecule has 0 atom stereocenters. The fraction of sp³-hybridized carbons (Fsp3) is 0. The SMILES string of the molecule is c1ccc(-c2ncc(-c3ccc(-c4c5ccccc5c(-c5ccc(-c6cnc(-c7ccccc7)nc6)cc5)c5c4ccc4ccccc45)cc3)cn2)cc1. The second kappa shape index (κ2) is 13.4. The zero-order valence-electron chi connectivity index (χ0n) is 29.3. The van der Waals surface area contributed by atoms with Crippen LogP contribution in [0.4, 0.5) is 0 Å². The molecule has 0 amide bonds. The molecule has 0 aliphatic carbocycles. The van der Waals surface area contributed by atoms with E-state index in [1.54, 1.807) is 0 Å². The molecule has 0 unspecified atom stereocenters. The summed E-state index contributed by atoms with van der Waals surface area (Å²) in [5, 5.41) is 7.35. The van der Waals surface area contributed by atoms with Crippen LogP contribution in [0, 0.1) is 0 Å². The highest BCUT2D eigenvalue weighted by Crippen LogP contribution is 2.46. The molecule has 0 aliphatic heterocycles. The molecule has 0 radical (unpaired) electrons. The van der Waals surface area contributed by atoms with Gasteiger partial charge in [0.15, 0.2) is 11.6 Å². The summed E-state index contributed by atoms with van der Waals surface area (Å²) in [5.41, 5.74) is 10.9. The lowest BCUT2D eigenvalue weighted by Gasteiger charge is -2.19. The molecule has 2 heterocycles. The highest BCUT2D eigenvalue weighted by molar-refractivity contribution is 6.27. The lowest BCUT2D eigenvalue weighted by Crippen LogP contribution is -1.93. The van der Waals surface area contributed by atoms with Crippen molar-refractivity contribution in [3.8, 4) is 67.3 Å². The van der Waals surface area contributed by atoms with Crippen molar-refractivity contribution in [2.24, 2.45) is 0 Å². The van der Waals surface area contributed by atoms with Crippen molar-refractivity contribution in [2.45, 2.75) is 0 Å². The minimum atomic E-state index is 0.724. The lowest BCUT2D eigenvalue weighted by atomic mass is 9.83. The largest absolute Gasteiger partial charge is 0.236 e. The number of hydrogen-bond donors (Lipinski definition) is 0. The Hall–Kier alpha value is -7.30. The molecule has 0 bridgehead atoms. The van der Waals surface area contributed by atoms with Crippen molar-refractivity contribution >= 4 is 32.3 Å². The highest BCUT2D eigenvalue weighted by Gasteiger charge is 2.19. The van der Waals surface area contributed by atoms with Crippen LogP contribution in [0.3, 0.4) is 0 Å². The fourth-order valence-corrected chi connectivity index (χ4v) is 7.64. The summed E-state index contributed by atoms with van der Waals surface area (Å²) >= 11 is 0. The molecule has 4 heteroatoms. The van der Waals surface area contributed by atoms with Gasteiger partial charge >= 0.3 is 0 Å². The maximum atomic E-state index is 4.68. The van der Waals surface area contributed by atoms with Crippen LogP contribution in [0.1, 0.15) is 0 Å². The Kier molecular flexibility index (Phi) is 7.77. The number of rotatable bonds is 6. The minimum Gasteiger partial charge on any atom is -0.236 e. The van der Waals surface area contributed by atoms with Gasteiger partial charge in [-0.2, -0.15) is 0 Å². The van der Waals surface area contributed by atoms with Crippen LogP contribution in [0.5, 0.6) is 0 Å². The second-order valence-corrected chi connectivity index (χ2v) is 13.5. The predicted octanol–water partition coefficient (Wildman–Crippen LogP) is 12.7.